The van der Waals surface area contributed by atoms with Crippen molar-refractivity contribution in [2.75, 3.05) is 107 Å². The number of hydrogen-bond acceptors (Lipinski definition) is 20. The van der Waals surface area contributed by atoms with Crippen LogP contribution in [0.1, 0.15) is 142 Å². The van der Waals surface area contributed by atoms with Gasteiger partial charge in [-0.1, -0.05) is 28.3 Å². The number of aromatic amines is 1. The average Bonchev–Trinajstić information content (AvgIpc) is 1.54. The van der Waals surface area contributed by atoms with Gasteiger partial charge in [-0.3, -0.25) is 43.5 Å². The molecule has 1 saturated heterocycles. The standard InChI is InChI=1S/C69H96BF2N11O19S2/c1-47-22-29-56(74-47)62-43-51(17-15-39-103-102-101-93)60-44-59-50(18-16-40-104(94,95)96)41-53(78(59)70(71,72)79(60)62)26-23-49-24-27-54(28-25-49)97-37-14-21-64(85)75-58(20-11-13-36-83(7,8)9)68(89)76-57(19-10-12-35-82(4,5)6)67(88)73-32-33-77(3)34-38-98-63-45-61(81(91)92)55(42-52(63)46-84)48(2)99-69(90)100-80-65(86)30-31-66(80)87/h22-29,41-45,48,57-58,74,84H,10-21,30-40,46H2,1-9H3,(H3-2,73,75,76,85,88,89,93,94,95,96)/p+2/b26-23+. The summed E-state index contributed by atoms with van der Waals surface area (Å²) in [7, 11) is 9.79. The summed E-state index contributed by atoms with van der Waals surface area (Å²) >= 11 is 0.861. The molecule has 7 N–H and O–H groups in total. The predicted molar refractivity (Wildman–Crippen MR) is 385 cm³/mol. The summed E-state index contributed by atoms with van der Waals surface area (Å²) in [5, 5.41) is 43.8. The number of unbranched alkanes of at least 4 members (excludes halogenated alkanes) is 2. The number of ether oxygens (including phenoxy) is 3. The van der Waals surface area contributed by atoms with E-state index in [1.807, 2.05) is 11.8 Å². The first kappa shape index (κ1) is 82.9. The fourth-order valence-electron chi connectivity index (χ4n) is 12.1. The minimum absolute atomic E-state index is 0.00679. The normalized spacial score (nSPS) is 15.4. The average molecular weight is 1500 g/mol. The van der Waals surface area contributed by atoms with Crippen molar-refractivity contribution >= 4 is 94.4 Å². The number of aliphatic hydroxyl groups excluding tert-OH is 1. The summed E-state index contributed by atoms with van der Waals surface area (Å²) in [5.74, 6) is -2.53. The monoisotopic (exact) mass is 1500 g/mol. The third-order valence-electron chi connectivity index (χ3n) is 17.5. The Kier molecular flexibility index (Phi) is 30.3. The van der Waals surface area contributed by atoms with E-state index in [1.54, 1.807) is 73.8 Å². The highest BCUT2D eigenvalue weighted by atomic mass is 32.2. The number of nitro groups is 1. The number of aryl methyl sites for hydroxylation is 2. The van der Waals surface area contributed by atoms with Crippen LogP contribution in [0, 0.1) is 17.0 Å². The van der Waals surface area contributed by atoms with Gasteiger partial charge in [0.2, 0.25) is 17.7 Å². The third kappa shape index (κ3) is 24.9. The van der Waals surface area contributed by atoms with Crippen molar-refractivity contribution in [2.24, 2.45) is 0 Å². The molecule has 570 valence electrons. The molecule has 4 aromatic rings. The Morgan fingerprint density at radius 1 is 0.846 bits per heavy atom. The molecule has 0 bridgehead atoms. The van der Waals surface area contributed by atoms with Crippen LogP contribution in [0.15, 0.2) is 71.9 Å². The number of allylic oxidation sites excluding steroid dienone is 2. The topological polar surface area (TPSA) is 362 Å². The quantitative estimate of drug-likeness (QED) is 0.00213. The van der Waals surface area contributed by atoms with Gasteiger partial charge in [-0.2, -0.15) is 8.42 Å². The maximum Gasteiger partial charge on any atom is 0.737 e. The molecular weight excluding hydrogens is 1400 g/mol. The van der Waals surface area contributed by atoms with Gasteiger partial charge in [-0.25, -0.2) is 10.1 Å². The van der Waals surface area contributed by atoms with Crippen molar-refractivity contribution in [1.29, 1.82) is 0 Å². The Balaban J connectivity index is 0.950. The first-order chi connectivity index (χ1) is 49.1. The van der Waals surface area contributed by atoms with Crippen molar-refractivity contribution in [1.82, 2.24) is 35.4 Å². The van der Waals surface area contributed by atoms with Crippen LogP contribution >= 0.6 is 12.0 Å². The maximum absolute atomic E-state index is 17.6. The first-order valence-electron chi connectivity index (χ1n) is 34.6. The highest BCUT2D eigenvalue weighted by Crippen LogP contribution is 2.41. The van der Waals surface area contributed by atoms with Crippen LogP contribution in [-0.4, -0.2) is 228 Å². The fourth-order valence-corrected chi connectivity index (χ4v) is 13.0. The van der Waals surface area contributed by atoms with Crippen molar-refractivity contribution in [3.63, 3.8) is 0 Å². The number of nitrogens with zero attached hydrogens (tertiary/aromatic N) is 7. The molecule has 5 amide bonds. The second-order valence-electron chi connectivity index (χ2n) is 28.0. The second-order valence-corrected chi connectivity index (χ2v) is 30.4. The smallest absolute Gasteiger partial charge is 0.494 e. The van der Waals surface area contributed by atoms with Crippen LogP contribution < -0.4 is 25.4 Å². The molecule has 0 saturated carbocycles. The number of amides is 5. The van der Waals surface area contributed by atoms with Gasteiger partial charge in [0.05, 0.1) is 90.9 Å². The highest BCUT2D eigenvalue weighted by molar-refractivity contribution is 7.94. The van der Waals surface area contributed by atoms with Crippen LogP contribution in [0.3, 0.4) is 0 Å². The molecule has 3 aliphatic rings. The molecule has 0 radical (unpaired) electrons. The van der Waals surface area contributed by atoms with E-state index in [9.17, 15) is 57.0 Å². The van der Waals surface area contributed by atoms with Crippen LogP contribution in [0.25, 0.3) is 18.2 Å². The number of fused-ring (bicyclic) bond motifs is 2. The molecule has 2 aromatic heterocycles. The van der Waals surface area contributed by atoms with Gasteiger partial charge >= 0.3 is 13.1 Å². The number of carbonyl (C=O) groups is 6. The number of benzene rings is 2. The van der Waals surface area contributed by atoms with E-state index in [0.717, 1.165) is 58.7 Å². The molecule has 3 aliphatic heterocycles. The minimum atomic E-state index is -4.58. The number of H-pyrrole nitrogens is 1. The zero-order valence-corrected chi connectivity index (χ0v) is 62.0. The van der Waals surface area contributed by atoms with Gasteiger partial charge in [-0.15, -0.1) is 4.33 Å². The van der Waals surface area contributed by atoms with Gasteiger partial charge in [0, 0.05) is 97.1 Å². The number of hydroxylamine groups is 2. The lowest BCUT2D eigenvalue weighted by atomic mass is 9.88. The number of aliphatic hydroxyl groups is 1. The number of imide groups is 1. The predicted octanol–water partition coefficient (Wildman–Crippen LogP) is 7.67. The number of nitro benzene ring substituents is 1. The summed E-state index contributed by atoms with van der Waals surface area (Å²) in [4.78, 5) is 99.6. The molecule has 0 spiro atoms. The summed E-state index contributed by atoms with van der Waals surface area (Å²) in [5.41, 5.74) is 3.41. The maximum atomic E-state index is 17.6. The lowest BCUT2D eigenvalue weighted by Crippen LogP contribution is -2.54. The molecule has 5 heterocycles. The van der Waals surface area contributed by atoms with Gasteiger partial charge < -0.3 is 71.7 Å². The number of rotatable bonds is 44. The Hall–Kier alpha value is -8.39. The molecule has 0 aliphatic carbocycles. The van der Waals surface area contributed by atoms with Gasteiger partial charge in [-0.05, 0) is 145 Å². The lowest BCUT2D eigenvalue weighted by molar-refractivity contribution is -0.870. The van der Waals surface area contributed by atoms with Crippen LogP contribution in [-0.2, 0) is 66.1 Å². The van der Waals surface area contributed by atoms with E-state index in [4.69, 9.17) is 24.3 Å². The summed E-state index contributed by atoms with van der Waals surface area (Å²) in [6.45, 7) is 0.425. The summed E-state index contributed by atoms with van der Waals surface area (Å²) in [6.07, 6.45) is 8.14. The van der Waals surface area contributed by atoms with Crippen molar-refractivity contribution in [3.05, 3.63) is 127 Å². The summed E-state index contributed by atoms with van der Waals surface area (Å²) in [6, 6.07) is 12.5. The SMILES string of the molecule is Cc1ccc(C2=[N+]3C(=Cc4c(CCCS(=O)(=O)O)cc(/C=C/c5ccc(OCCCC(=O)NC(CCCC[N+](C)(C)C)C(=O)NC(CCCC[N+](C)(C)C)C(=O)NCCN(C)CCOc6cc([N+](=O)[O-])c(C(C)OC(=O)ON7C(=O)CCC7=O)cc6CO)cc5)n4[B-]3(F)F)C(CCCSOOO)=C2)[nH]1. The van der Waals surface area contributed by atoms with E-state index in [0.29, 0.717) is 87.9 Å². The van der Waals surface area contributed by atoms with Gasteiger partial charge in [0.15, 0.2) is 11.4 Å². The number of hydrogen-bond donors (Lipinski definition) is 7. The van der Waals surface area contributed by atoms with Crippen molar-refractivity contribution < 1.29 is 108 Å². The zero-order valence-electron chi connectivity index (χ0n) is 60.4. The van der Waals surface area contributed by atoms with Crippen LogP contribution in [0.4, 0.5) is 19.1 Å². The number of quaternary nitrogens is 2. The fraction of sp³-hybridized carbons (Fsp3) is 0.522. The van der Waals surface area contributed by atoms with Crippen LogP contribution in [0.5, 0.6) is 11.5 Å². The number of aromatic nitrogens is 2. The Morgan fingerprint density at radius 2 is 1.52 bits per heavy atom. The lowest BCUT2D eigenvalue weighted by Gasteiger charge is -2.31. The molecule has 2 aromatic carbocycles. The number of nitrogens with one attached hydrogen (secondary N) is 4. The molecule has 3 unspecified atom stereocenters. The minimum Gasteiger partial charge on any atom is -0.494 e. The molecule has 30 nitrogen and oxygen atoms in total. The largest absolute Gasteiger partial charge is 0.737 e. The number of halogens is 2. The van der Waals surface area contributed by atoms with E-state index in [2.05, 4.69) is 72.6 Å². The van der Waals surface area contributed by atoms with Crippen molar-refractivity contribution in [2.45, 2.75) is 129 Å². The Labute approximate surface area is 608 Å². The van der Waals surface area contributed by atoms with E-state index in [-0.39, 0.29) is 110 Å². The molecule has 104 heavy (non-hydrogen) atoms. The molecule has 1 fully saturated rings. The molecule has 35 heteroatoms. The number of carbonyl (C=O) groups excluding carboxylic acids is 6. The van der Waals surface area contributed by atoms with Gasteiger partial charge in [0.1, 0.15) is 42.0 Å². The molecule has 3 atom stereocenters. The second kappa shape index (κ2) is 38.1. The molecule has 7 rings (SSSR count). The van der Waals surface area contributed by atoms with E-state index < -0.39 is 93.9 Å². The van der Waals surface area contributed by atoms with E-state index in [1.165, 1.54) is 13.0 Å². The first-order valence-corrected chi connectivity index (χ1v) is 37.1. The highest BCUT2D eigenvalue weighted by Gasteiger charge is 2.55. The van der Waals surface area contributed by atoms with Crippen LogP contribution in [0.2, 0.25) is 0 Å². The van der Waals surface area contributed by atoms with Gasteiger partial charge in [0.25, 0.3) is 27.6 Å². The molecular formula is C69H98BF2N11O19S2+2. The van der Waals surface area contributed by atoms with Crippen molar-refractivity contribution in [3.8, 4) is 11.5 Å². The zero-order chi connectivity index (χ0) is 76.1. The number of likely N-dealkylation sites (N-methyl/N-ethyl adjacent to an activating group) is 1. The van der Waals surface area contributed by atoms with E-state index >= 15 is 8.63 Å². The summed E-state index contributed by atoms with van der Waals surface area (Å²) < 4.78 is 93.2. The Morgan fingerprint density at radius 3 is 2.13 bits per heavy atom. The Bertz CT molecular complexity index is 3930. The third-order valence-corrected chi connectivity index (χ3v) is 18.9.